The summed E-state index contributed by atoms with van der Waals surface area (Å²) in [4.78, 5) is 10.2. The summed E-state index contributed by atoms with van der Waals surface area (Å²) in [5, 5.41) is 17.3. The van der Waals surface area contributed by atoms with Crippen LogP contribution in [-0.2, 0) is 10.5 Å². The van der Waals surface area contributed by atoms with E-state index >= 15 is 0 Å². The molecular formula is C9H12O4S. The van der Waals surface area contributed by atoms with E-state index in [1.165, 1.54) is 11.8 Å². The molecule has 1 heterocycles. The number of carboxylic acid groups (broad SMARTS) is 1. The van der Waals surface area contributed by atoms with Crippen LogP contribution in [0.25, 0.3) is 0 Å². The molecule has 0 saturated heterocycles. The number of aliphatic carboxylic acids is 1. The van der Waals surface area contributed by atoms with Crippen molar-refractivity contribution in [1.82, 2.24) is 0 Å². The number of carbonyl (C=O) groups is 1. The number of hydrogen-bond donors (Lipinski definition) is 2. The van der Waals surface area contributed by atoms with Crippen LogP contribution < -0.4 is 0 Å². The lowest BCUT2D eigenvalue weighted by Crippen LogP contribution is -2.19. The van der Waals surface area contributed by atoms with E-state index in [-0.39, 0.29) is 6.42 Å². The topological polar surface area (TPSA) is 70.7 Å². The van der Waals surface area contributed by atoms with E-state index in [0.717, 1.165) is 5.76 Å². The van der Waals surface area contributed by atoms with Gasteiger partial charge in [0.1, 0.15) is 5.76 Å². The lowest BCUT2D eigenvalue weighted by molar-refractivity contribution is -0.146. The van der Waals surface area contributed by atoms with Crippen molar-refractivity contribution in [1.29, 1.82) is 0 Å². The molecule has 0 aliphatic heterocycles. The fraction of sp³-hybridized carbons (Fsp3) is 0.444. The number of carboxylic acids is 1. The first-order valence-electron chi connectivity index (χ1n) is 4.21. The first-order valence-corrected chi connectivity index (χ1v) is 5.36. The van der Waals surface area contributed by atoms with Gasteiger partial charge in [0.15, 0.2) is 6.10 Å². The third-order valence-electron chi connectivity index (χ3n) is 1.65. The minimum atomic E-state index is -1.25. The Hall–Kier alpha value is -0.940. The predicted octanol–water partition coefficient (Wildman–Crippen LogP) is 1.35. The van der Waals surface area contributed by atoms with Crippen LogP contribution in [0.1, 0.15) is 12.2 Å². The zero-order valence-electron chi connectivity index (χ0n) is 7.55. The Bertz CT molecular complexity index is 270. The Labute approximate surface area is 85.9 Å². The normalized spacial score (nSPS) is 12.6. The quantitative estimate of drug-likeness (QED) is 0.702. The third kappa shape index (κ3) is 3.85. The second-order valence-electron chi connectivity index (χ2n) is 2.77. The highest BCUT2D eigenvalue weighted by Crippen LogP contribution is 2.13. The van der Waals surface area contributed by atoms with Gasteiger partial charge in [0.2, 0.25) is 0 Å². The van der Waals surface area contributed by atoms with Gasteiger partial charge in [-0.25, -0.2) is 4.79 Å². The highest BCUT2D eigenvalue weighted by Gasteiger charge is 2.11. The molecule has 0 aliphatic carbocycles. The molecule has 78 valence electrons. The number of rotatable bonds is 6. The van der Waals surface area contributed by atoms with Crippen molar-refractivity contribution in [3.63, 3.8) is 0 Å². The summed E-state index contributed by atoms with van der Waals surface area (Å²) < 4.78 is 5.09. The van der Waals surface area contributed by atoms with Crippen molar-refractivity contribution < 1.29 is 19.4 Å². The van der Waals surface area contributed by atoms with E-state index in [9.17, 15) is 4.79 Å². The molecule has 1 rings (SSSR count). The van der Waals surface area contributed by atoms with Crippen molar-refractivity contribution in [2.75, 3.05) is 5.75 Å². The molecule has 0 saturated carbocycles. The van der Waals surface area contributed by atoms with Gasteiger partial charge in [0.25, 0.3) is 0 Å². The van der Waals surface area contributed by atoms with Crippen molar-refractivity contribution in [2.45, 2.75) is 18.3 Å². The van der Waals surface area contributed by atoms with Crippen molar-refractivity contribution in [2.24, 2.45) is 0 Å². The minimum absolute atomic E-state index is 0.265. The monoisotopic (exact) mass is 216 g/mol. The number of thioether (sulfide) groups is 1. The minimum Gasteiger partial charge on any atom is -0.479 e. The van der Waals surface area contributed by atoms with Crippen LogP contribution in [0.15, 0.2) is 22.8 Å². The molecule has 1 unspecified atom stereocenters. The van der Waals surface area contributed by atoms with E-state index in [1.807, 2.05) is 12.1 Å². The molecular weight excluding hydrogens is 204 g/mol. The van der Waals surface area contributed by atoms with Crippen molar-refractivity contribution in [3.05, 3.63) is 24.2 Å². The highest BCUT2D eigenvalue weighted by molar-refractivity contribution is 7.98. The lowest BCUT2D eigenvalue weighted by Gasteiger charge is -2.03. The fourth-order valence-electron chi connectivity index (χ4n) is 0.886. The number of furan rings is 1. The molecule has 14 heavy (non-hydrogen) atoms. The fourth-order valence-corrected chi connectivity index (χ4v) is 1.79. The van der Waals surface area contributed by atoms with E-state index in [0.29, 0.717) is 11.5 Å². The first-order chi connectivity index (χ1) is 6.70. The van der Waals surface area contributed by atoms with Crippen LogP contribution in [0.3, 0.4) is 0 Å². The summed E-state index contributed by atoms with van der Waals surface area (Å²) in [7, 11) is 0. The second kappa shape index (κ2) is 5.72. The molecule has 5 heteroatoms. The Kier molecular flexibility index (Phi) is 4.55. The molecule has 2 N–H and O–H groups in total. The Morgan fingerprint density at radius 2 is 2.43 bits per heavy atom. The zero-order valence-corrected chi connectivity index (χ0v) is 8.37. The molecule has 0 fully saturated rings. The van der Waals surface area contributed by atoms with Gasteiger partial charge in [-0.1, -0.05) is 0 Å². The Morgan fingerprint density at radius 1 is 1.64 bits per heavy atom. The summed E-state index contributed by atoms with van der Waals surface area (Å²) in [5.41, 5.74) is 0. The van der Waals surface area contributed by atoms with Crippen LogP contribution in [0.2, 0.25) is 0 Å². The summed E-state index contributed by atoms with van der Waals surface area (Å²) in [5.74, 6) is 1.01. The summed E-state index contributed by atoms with van der Waals surface area (Å²) in [6, 6.07) is 3.67. The molecule has 0 bridgehead atoms. The van der Waals surface area contributed by atoms with Gasteiger partial charge >= 0.3 is 5.97 Å². The SMILES string of the molecule is O=C(O)C(O)CCSCc1ccco1. The molecule has 0 spiro atoms. The number of aliphatic hydroxyl groups excluding tert-OH is 1. The maximum Gasteiger partial charge on any atom is 0.332 e. The Balaban J connectivity index is 2.08. The van der Waals surface area contributed by atoms with E-state index < -0.39 is 12.1 Å². The number of hydrogen-bond acceptors (Lipinski definition) is 4. The van der Waals surface area contributed by atoms with Crippen LogP contribution in [0, 0.1) is 0 Å². The van der Waals surface area contributed by atoms with E-state index in [4.69, 9.17) is 14.6 Å². The van der Waals surface area contributed by atoms with Crippen LogP contribution in [0.5, 0.6) is 0 Å². The molecule has 0 aliphatic rings. The zero-order chi connectivity index (χ0) is 10.4. The van der Waals surface area contributed by atoms with Gasteiger partial charge in [-0.15, -0.1) is 0 Å². The average Bonchev–Trinajstić information content (AvgIpc) is 2.64. The summed E-state index contributed by atoms with van der Waals surface area (Å²) in [6.07, 6.45) is 0.613. The summed E-state index contributed by atoms with van der Waals surface area (Å²) >= 11 is 1.54. The van der Waals surface area contributed by atoms with Gasteiger partial charge in [-0.05, 0) is 24.3 Å². The van der Waals surface area contributed by atoms with Crippen LogP contribution >= 0.6 is 11.8 Å². The standard InChI is InChI=1S/C9H12O4S/c10-8(9(11)12)3-5-14-6-7-2-1-4-13-7/h1-2,4,8,10H,3,5-6H2,(H,11,12). The van der Waals surface area contributed by atoms with Crippen molar-refractivity contribution in [3.8, 4) is 0 Å². The number of aliphatic hydroxyl groups is 1. The van der Waals surface area contributed by atoms with Gasteiger partial charge in [0.05, 0.1) is 12.0 Å². The highest BCUT2D eigenvalue weighted by atomic mass is 32.2. The van der Waals surface area contributed by atoms with Crippen molar-refractivity contribution >= 4 is 17.7 Å². The van der Waals surface area contributed by atoms with E-state index in [1.54, 1.807) is 6.26 Å². The van der Waals surface area contributed by atoms with Crippen LogP contribution in [-0.4, -0.2) is 28.0 Å². The maximum absolute atomic E-state index is 10.2. The van der Waals surface area contributed by atoms with Gasteiger partial charge in [0, 0.05) is 0 Å². The molecule has 0 aromatic carbocycles. The molecule has 1 atom stereocenters. The van der Waals surface area contributed by atoms with E-state index in [2.05, 4.69) is 0 Å². The molecule has 4 nitrogen and oxygen atoms in total. The lowest BCUT2D eigenvalue weighted by atomic mass is 10.3. The maximum atomic E-state index is 10.2. The Morgan fingerprint density at radius 3 is 3.00 bits per heavy atom. The predicted molar refractivity (Wildman–Crippen MR) is 53.1 cm³/mol. The van der Waals surface area contributed by atoms with Gasteiger partial charge in [-0.3, -0.25) is 0 Å². The second-order valence-corrected chi connectivity index (χ2v) is 3.88. The summed E-state index contributed by atoms with van der Waals surface area (Å²) in [6.45, 7) is 0. The molecule has 0 amide bonds. The van der Waals surface area contributed by atoms with Gasteiger partial charge in [-0.2, -0.15) is 11.8 Å². The average molecular weight is 216 g/mol. The third-order valence-corrected chi connectivity index (χ3v) is 2.66. The van der Waals surface area contributed by atoms with Gasteiger partial charge < -0.3 is 14.6 Å². The molecule has 1 aromatic heterocycles. The largest absolute Gasteiger partial charge is 0.479 e. The van der Waals surface area contributed by atoms with Crippen LogP contribution in [0.4, 0.5) is 0 Å². The smallest absolute Gasteiger partial charge is 0.332 e. The molecule has 0 radical (unpaired) electrons. The first kappa shape index (κ1) is 11.1. The molecule has 1 aromatic rings.